The number of carboxylic acids is 1. The van der Waals surface area contributed by atoms with Gasteiger partial charge in [0.15, 0.2) is 23.9 Å². The molecule has 1 N–H and O–H groups in total. The third kappa shape index (κ3) is 4.67. The number of hydrogen-bond donors (Lipinski definition) is 1. The fraction of sp³-hybridized carbons (Fsp3) is 0.725. The molecular weight excluding hydrogens is 636 g/mol. The number of ether oxygens (including phenoxy) is 1. The quantitative estimate of drug-likeness (QED) is 0.300. The van der Waals surface area contributed by atoms with Crippen LogP contribution in [-0.4, -0.2) is 32.6 Å². The third-order valence-electron chi connectivity index (χ3n) is 15.5. The van der Waals surface area contributed by atoms with E-state index in [1.54, 1.807) is 6.20 Å². The van der Waals surface area contributed by atoms with E-state index in [0.29, 0.717) is 25.0 Å². The van der Waals surface area contributed by atoms with Gasteiger partial charge >= 0.3 is 17.8 Å². The van der Waals surface area contributed by atoms with Crippen molar-refractivity contribution in [3.63, 3.8) is 0 Å². The molecule has 5 aliphatic carbocycles. The SMILES string of the molecule is CC(C)c1oc(=O)oc1COC(=O)[C@@]1(C)C2CC[C@]3(C)[C@H](C(=O)C=C4[C@@H]5C[C@@](C)(C(=O)O)CC[C@]5(C)CC[C@]43C)[C@@]2(C)CC[C@@H]1n1cccn1. The molecule has 7 rings (SSSR count). The fourth-order valence-electron chi connectivity index (χ4n) is 12.3. The Labute approximate surface area is 294 Å². The molecule has 2 heterocycles. The van der Waals surface area contributed by atoms with Crippen molar-refractivity contribution in [3.05, 3.63) is 52.2 Å². The summed E-state index contributed by atoms with van der Waals surface area (Å²) < 4.78 is 18.5. The first kappa shape index (κ1) is 35.0. The molecule has 4 fully saturated rings. The van der Waals surface area contributed by atoms with Gasteiger partial charge in [-0.25, -0.2) is 4.79 Å². The maximum absolute atomic E-state index is 14.9. The van der Waals surface area contributed by atoms with Crippen molar-refractivity contribution in [1.29, 1.82) is 0 Å². The smallest absolute Gasteiger partial charge is 0.481 e. The first-order valence-electron chi connectivity index (χ1n) is 18.6. The van der Waals surface area contributed by atoms with E-state index in [4.69, 9.17) is 13.6 Å². The molecule has 2 aromatic rings. The Balaban J connectivity index is 1.28. The lowest BCUT2D eigenvalue weighted by molar-refractivity contribution is -0.209. The van der Waals surface area contributed by atoms with Crippen LogP contribution in [0.5, 0.6) is 0 Å². The van der Waals surface area contributed by atoms with Crippen LogP contribution in [0.3, 0.4) is 0 Å². The van der Waals surface area contributed by atoms with E-state index in [-0.39, 0.29) is 64.1 Å². The Morgan fingerprint density at radius 2 is 1.72 bits per heavy atom. The van der Waals surface area contributed by atoms with Gasteiger partial charge < -0.3 is 18.7 Å². The van der Waals surface area contributed by atoms with E-state index in [0.717, 1.165) is 38.5 Å². The predicted octanol–water partition coefficient (Wildman–Crippen LogP) is 7.88. The van der Waals surface area contributed by atoms with Crippen molar-refractivity contribution in [3.8, 4) is 0 Å². The maximum Gasteiger partial charge on any atom is 0.519 e. The number of carboxylic acid groups (broad SMARTS) is 1. The summed E-state index contributed by atoms with van der Waals surface area (Å²) >= 11 is 0. The van der Waals surface area contributed by atoms with Gasteiger partial charge in [0.1, 0.15) is 0 Å². The Morgan fingerprint density at radius 1 is 1.00 bits per heavy atom. The van der Waals surface area contributed by atoms with Gasteiger partial charge in [-0.05, 0) is 117 Å². The number of ketones is 1. The minimum absolute atomic E-state index is 0.0292. The van der Waals surface area contributed by atoms with Crippen LogP contribution >= 0.6 is 0 Å². The zero-order chi connectivity index (χ0) is 36.2. The zero-order valence-electron chi connectivity index (χ0n) is 31.0. The monoisotopic (exact) mass is 690 g/mol. The van der Waals surface area contributed by atoms with Crippen molar-refractivity contribution in [1.82, 2.24) is 9.78 Å². The second-order valence-electron chi connectivity index (χ2n) is 18.4. The topological polar surface area (TPSA) is 142 Å². The van der Waals surface area contributed by atoms with Crippen molar-refractivity contribution >= 4 is 17.7 Å². The van der Waals surface area contributed by atoms with Crippen molar-refractivity contribution < 1.29 is 33.1 Å². The Kier molecular flexibility index (Phi) is 7.90. The van der Waals surface area contributed by atoms with Crippen LogP contribution in [0.25, 0.3) is 0 Å². The van der Waals surface area contributed by atoms with E-state index in [1.807, 2.05) is 50.7 Å². The number of nitrogens with zero attached hydrogens (tertiary/aromatic N) is 2. The molecule has 5 aliphatic rings. The van der Waals surface area contributed by atoms with Gasteiger partial charge in [-0.2, -0.15) is 5.10 Å². The first-order chi connectivity index (χ1) is 23.3. The highest BCUT2D eigenvalue weighted by atomic mass is 16.6. The largest absolute Gasteiger partial charge is 0.519 e. The minimum atomic E-state index is -1.04. The highest BCUT2D eigenvalue weighted by Gasteiger charge is 2.72. The van der Waals surface area contributed by atoms with E-state index in [9.17, 15) is 24.3 Å². The Hall–Kier alpha value is -3.43. The maximum atomic E-state index is 14.9. The number of allylic oxidation sites excluding steroid dienone is 2. The molecule has 0 radical (unpaired) electrons. The number of hydrogen-bond acceptors (Lipinski definition) is 8. The van der Waals surface area contributed by atoms with Gasteiger partial charge in [-0.1, -0.05) is 47.1 Å². The standard InChI is InChI=1S/C40H54N2O8/c1-23(2)30-27(49-34(47)50-30)22-48-33(46)40(8)28-10-13-39(7)31(37(28,5)12-11-29(40)42-19-9-18-41-42)26(43)20-24-25-21-36(4,32(44)45)15-14-35(25,3)16-17-38(24,39)6/h9,18-20,23,25,28-29,31H,10-17,21-22H2,1-8H3,(H,44,45)/t25-,28?,29-,31+,35+,36-,37-,38+,39+,40-/m0/s1. The fourth-order valence-corrected chi connectivity index (χ4v) is 12.3. The Morgan fingerprint density at radius 3 is 2.38 bits per heavy atom. The minimum Gasteiger partial charge on any atom is -0.481 e. The molecule has 4 saturated carbocycles. The van der Waals surface area contributed by atoms with E-state index >= 15 is 0 Å². The number of rotatable bonds is 6. The number of aliphatic carboxylic acids is 1. The number of fused-ring (bicyclic) bond motifs is 7. The molecule has 0 aromatic carbocycles. The predicted molar refractivity (Wildman–Crippen MR) is 184 cm³/mol. The molecule has 0 saturated heterocycles. The summed E-state index contributed by atoms with van der Waals surface area (Å²) in [5.74, 6) is -1.86. The molecule has 10 nitrogen and oxygen atoms in total. The second kappa shape index (κ2) is 11.3. The van der Waals surface area contributed by atoms with E-state index < -0.39 is 34.0 Å². The third-order valence-corrected chi connectivity index (χ3v) is 15.5. The van der Waals surface area contributed by atoms with Gasteiger partial charge in [0.25, 0.3) is 0 Å². The molecule has 1 unspecified atom stereocenters. The summed E-state index contributed by atoms with van der Waals surface area (Å²) in [6, 6.07) is 1.57. The van der Waals surface area contributed by atoms with Crippen molar-refractivity contribution in [2.75, 3.05) is 0 Å². The molecule has 0 spiro atoms. The molecule has 50 heavy (non-hydrogen) atoms. The Bertz CT molecular complexity index is 1800. The summed E-state index contributed by atoms with van der Waals surface area (Å²) in [6.07, 6.45) is 12.5. The van der Waals surface area contributed by atoms with E-state index in [1.165, 1.54) is 5.57 Å². The van der Waals surface area contributed by atoms with Crippen LogP contribution < -0.4 is 5.82 Å². The van der Waals surface area contributed by atoms with Gasteiger partial charge in [-0.3, -0.25) is 19.1 Å². The van der Waals surface area contributed by atoms with Gasteiger partial charge in [0.05, 0.1) is 16.9 Å². The summed E-state index contributed by atoms with van der Waals surface area (Å²) in [7, 11) is 0. The van der Waals surface area contributed by atoms with Gasteiger partial charge in [0, 0.05) is 24.2 Å². The lowest BCUT2D eigenvalue weighted by Crippen LogP contribution is -2.67. The van der Waals surface area contributed by atoms with Gasteiger partial charge in [-0.15, -0.1) is 0 Å². The molecular formula is C40H54N2O8. The zero-order valence-corrected chi connectivity index (χ0v) is 31.0. The normalized spacial score (nSPS) is 42.5. The van der Waals surface area contributed by atoms with Gasteiger partial charge in [0.2, 0.25) is 0 Å². The molecule has 272 valence electrons. The first-order valence-corrected chi connectivity index (χ1v) is 18.6. The number of aromatic nitrogens is 2. The average Bonchev–Trinajstić information content (AvgIpc) is 3.71. The lowest BCUT2D eigenvalue weighted by Gasteiger charge is -2.70. The summed E-state index contributed by atoms with van der Waals surface area (Å²) in [5, 5.41) is 14.9. The molecule has 0 aliphatic heterocycles. The van der Waals surface area contributed by atoms with Crippen LogP contribution in [0.15, 0.2) is 43.7 Å². The molecule has 0 bridgehead atoms. The average molecular weight is 691 g/mol. The second-order valence-corrected chi connectivity index (χ2v) is 18.4. The lowest BCUT2D eigenvalue weighted by atomic mass is 9.33. The molecule has 2 aromatic heterocycles. The van der Waals surface area contributed by atoms with Crippen LogP contribution in [0.2, 0.25) is 0 Å². The number of carbonyl (C=O) groups is 3. The van der Waals surface area contributed by atoms with Crippen molar-refractivity contribution in [2.45, 2.75) is 132 Å². The number of carbonyl (C=O) groups excluding carboxylic acids is 2. The summed E-state index contributed by atoms with van der Waals surface area (Å²) in [6.45, 7) is 16.6. The highest BCUT2D eigenvalue weighted by Crippen LogP contribution is 2.76. The summed E-state index contributed by atoms with van der Waals surface area (Å²) in [4.78, 5) is 54.0. The molecule has 10 atom stereocenters. The van der Waals surface area contributed by atoms with Crippen molar-refractivity contribution in [2.24, 2.45) is 50.2 Å². The number of esters is 1. The van der Waals surface area contributed by atoms with Crippen LogP contribution in [0.1, 0.15) is 137 Å². The molecule has 10 heteroatoms. The summed E-state index contributed by atoms with van der Waals surface area (Å²) in [5.41, 5.74) is -1.87. The highest BCUT2D eigenvalue weighted by molar-refractivity contribution is 5.96. The van der Waals surface area contributed by atoms with Crippen LogP contribution in [0, 0.1) is 50.2 Å². The van der Waals surface area contributed by atoms with Crippen LogP contribution in [0.4, 0.5) is 0 Å². The van der Waals surface area contributed by atoms with E-state index in [2.05, 4.69) is 32.8 Å². The molecule has 0 amide bonds. The van der Waals surface area contributed by atoms with Crippen LogP contribution in [-0.2, 0) is 25.7 Å².